The number of hydrogen-bond acceptors (Lipinski definition) is 3. The summed E-state index contributed by atoms with van der Waals surface area (Å²) in [6.07, 6.45) is 0.661. The summed E-state index contributed by atoms with van der Waals surface area (Å²) in [5, 5.41) is 0.609. The highest BCUT2D eigenvalue weighted by molar-refractivity contribution is 7.99. The number of rotatable bonds is 1. The first-order chi connectivity index (χ1) is 8.65. The highest BCUT2D eigenvalue weighted by Gasteiger charge is 2.19. The summed E-state index contributed by atoms with van der Waals surface area (Å²) in [7, 11) is 0. The van der Waals surface area contributed by atoms with Gasteiger partial charge in [0.15, 0.2) is 0 Å². The van der Waals surface area contributed by atoms with Gasteiger partial charge in [0, 0.05) is 5.75 Å². The van der Waals surface area contributed by atoms with Crippen LogP contribution in [0.2, 0.25) is 0 Å². The van der Waals surface area contributed by atoms with Gasteiger partial charge in [0.2, 0.25) is 0 Å². The van der Waals surface area contributed by atoms with Crippen LogP contribution in [0.5, 0.6) is 0 Å². The van der Waals surface area contributed by atoms with E-state index in [0.29, 0.717) is 17.0 Å². The van der Waals surface area contributed by atoms with Crippen molar-refractivity contribution in [2.45, 2.75) is 11.4 Å². The van der Waals surface area contributed by atoms with Crippen molar-refractivity contribution in [2.24, 2.45) is 0 Å². The van der Waals surface area contributed by atoms with Crippen LogP contribution in [-0.2, 0) is 6.42 Å². The van der Waals surface area contributed by atoms with Crippen LogP contribution in [0.4, 0.5) is 8.78 Å². The second-order valence-electron chi connectivity index (χ2n) is 3.92. The Morgan fingerprint density at radius 1 is 1.33 bits per heavy atom. The molecule has 6 heteroatoms. The van der Waals surface area contributed by atoms with Gasteiger partial charge >= 0.3 is 0 Å². The minimum absolute atomic E-state index is 0.0256. The van der Waals surface area contributed by atoms with Gasteiger partial charge in [0.05, 0.1) is 11.1 Å². The lowest BCUT2D eigenvalue weighted by Crippen LogP contribution is -2.14. The Morgan fingerprint density at radius 2 is 2.17 bits per heavy atom. The molecule has 1 N–H and O–H groups in total. The molecule has 92 valence electrons. The molecular weight excluding hydrogens is 258 g/mol. The third kappa shape index (κ3) is 1.82. The molecule has 0 radical (unpaired) electrons. The van der Waals surface area contributed by atoms with Gasteiger partial charge < -0.3 is 4.98 Å². The lowest BCUT2D eigenvalue weighted by atomic mass is 10.2. The maximum Gasteiger partial charge on any atom is 0.255 e. The zero-order chi connectivity index (χ0) is 12.7. The fourth-order valence-corrected chi connectivity index (χ4v) is 2.90. The molecule has 0 saturated carbocycles. The van der Waals surface area contributed by atoms with E-state index in [1.54, 1.807) is 0 Å². The molecule has 1 aromatic heterocycles. The molecule has 0 fully saturated rings. The average molecular weight is 266 g/mol. The van der Waals surface area contributed by atoms with Crippen LogP contribution in [-0.4, -0.2) is 15.7 Å². The molecular formula is C12H8F2N2OS. The van der Waals surface area contributed by atoms with Crippen molar-refractivity contribution in [3.8, 4) is 11.4 Å². The molecule has 0 aliphatic carbocycles. The maximum atomic E-state index is 13.6. The quantitative estimate of drug-likeness (QED) is 0.806. The Morgan fingerprint density at radius 3 is 3.00 bits per heavy atom. The first-order valence-electron chi connectivity index (χ1n) is 5.36. The van der Waals surface area contributed by atoms with Gasteiger partial charge in [0.25, 0.3) is 5.56 Å². The monoisotopic (exact) mass is 266 g/mol. The number of benzene rings is 1. The molecule has 3 nitrogen and oxygen atoms in total. The molecule has 1 aliphatic heterocycles. The summed E-state index contributed by atoms with van der Waals surface area (Å²) in [6.45, 7) is 0. The van der Waals surface area contributed by atoms with E-state index in [9.17, 15) is 13.6 Å². The van der Waals surface area contributed by atoms with Crippen molar-refractivity contribution < 1.29 is 8.78 Å². The van der Waals surface area contributed by atoms with Crippen molar-refractivity contribution in [1.82, 2.24) is 9.97 Å². The van der Waals surface area contributed by atoms with E-state index in [1.165, 1.54) is 11.8 Å². The molecule has 0 atom stereocenters. The van der Waals surface area contributed by atoms with E-state index in [0.717, 1.165) is 24.0 Å². The van der Waals surface area contributed by atoms with Gasteiger partial charge in [-0.2, -0.15) is 0 Å². The highest BCUT2D eigenvalue weighted by atomic mass is 32.2. The van der Waals surface area contributed by atoms with E-state index >= 15 is 0 Å². The van der Waals surface area contributed by atoms with Crippen LogP contribution in [0, 0.1) is 11.6 Å². The Balaban J connectivity index is 2.21. The maximum absolute atomic E-state index is 13.6. The van der Waals surface area contributed by atoms with Gasteiger partial charge in [0.1, 0.15) is 22.5 Å². The Hall–Kier alpha value is -1.69. The topological polar surface area (TPSA) is 45.8 Å². The summed E-state index contributed by atoms with van der Waals surface area (Å²) in [5.74, 6) is -0.310. The van der Waals surface area contributed by atoms with E-state index < -0.39 is 11.6 Å². The third-order valence-corrected chi connectivity index (χ3v) is 3.77. The molecule has 0 unspecified atom stereocenters. The van der Waals surface area contributed by atoms with Gasteiger partial charge in [-0.1, -0.05) is 0 Å². The van der Waals surface area contributed by atoms with Crippen molar-refractivity contribution in [3.63, 3.8) is 0 Å². The fraction of sp³-hybridized carbons (Fsp3) is 0.167. The Labute approximate surface area is 105 Å². The molecule has 0 amide bonds. The summed E-state index contributed by atoms with van der Waals surface area (Å²) < 4.78 is 26.7. The first kappa shape index (κ1) is 11.4. The van der Waals surface area contributed by atoms with Crippen molar-refractivity contribution in [2.75, 3.05) is 5.75 Å². The fourth-order valence-electron chi connectivity index (χ4n) is 1.87. The average Bonchev–Trinajstić information content (AvgIpc) is 2.81. The van der Waals surface area contributed by atoms with Gasteiger partial charge in [-0.3, -0.25) is 4.79 Å². The zero-order valence-corrected chi connectivity index (χ0v) is 9.98. The number of aromatic nitrogens is 2. The molecule has 3 rings (SSSR count). The highest BCUT2D eigenvalue weighted by Crippen LogP contribution is 2.29. The summed E-state index contributed by atoms with van der Waals surface area (Å²) >= 11 is 1.45. The van der Waals surface area contributed by atoms with Crippen LogP contribution in [0.1, 0.15) is 5.56 Å². The molecule has 2 aromatic rings. The minimum atomic E-state index is -0.609. The first-order valence-corrected chi connectivity index (χ1v) is 6.35. The zero-order valence-electron chi connectivity index (χ0n) is 9.17. The van der Waals surface area contributed by atoms with Crippen LogP contribution in [0.25, 0.3) is 11.4 Å². The van der Waals surface area contributed by atoms with Crippen LogP contribution >= 0.6 is 11.8 Å². The molecule has 0 bridgehead atoms. The summed E-state index contributed by atoms with van der Waals surface area (Å²) in [6, 6.07) is 3.07. The number of halogens is 2. The van der Waals surface area contributed by atoms with Crippen molar-refractivity contribution in [1.29, 1.82) is 0 Å². The third-order valence-electron chi connectivity index (χ3n) is 2.75. The van der Waals surface area contributed by atoms with Gasteiger partial charge in [-0.05, 0) is 24.6 Å². The lowest BCUT2D eigenvalue weighted by molar-refractivity contribution is 0.601. The standard InChI is InChI=1S/C12H8F2N2OS/c13-6-1-2-9(14)8(5-6)10-15-11(17)7-3-4-18-12(7)16-10/h1-2,5H,3-4H2,(H,15,16,17). The Kier molecular flexibility index (Phi) is 2.66. The number of hydrogen-bond donors (Lipinski definition) is 1. The van der Waals surface area contributed by atoms with Gasteiger partial charge in [-0.25, -0.2) is 13.8 Å². The molecule has 1 aliphatic rings. The van der Waals surface area contributed by atoms with Crippen molar-refractivity contribution in [3.05, 3.63) is 45.8 Å². The number of nitrogens with one attached hydrogen (secondary N) is 1. The summed E-state index contributed by atoms with van der Waals surface area (Å²) in [5.41, 5.74) is 0.326. The number of fused-ring (bicyclic) bond motifs is 1. The number of aromatic amines is 1. The molecule has 18 heavy (non-hydrogen) atoms. The largest absolute Gasteiger partial charge is 0.306 e. The molecule has 0 saturated heterocycles. The minimum Gasteiger partial charge on any atom is -0.306 e. The van der Waals surface area contributed by atoms with E-state index in [4.69, 9.17) is 0 Å². The second-order valence-corrected chi connectivity index (χ2v) is 5.00. The second kappa shape index (κ2) is 4.20. The normalized spacial score (nSPS) is 13.7. The van der Waals surface area contributed by atoms with E-state index in [2.05, 4.69) is 9.97 Å². The van der Waals surface area contributed by atoms with Crippen LogP contribution in [0.3, 0.4) is 0 Å². The van der Waals surface area contributed by atoms with Crippen LogP contribution < -0.4 is 5.56 Å². The molecule has 1 aromatic carbocycles. The van der Waals surface area contributed by atoms with E-state index in [-0.39, 0.29) is 16.9 Å². The van der Waals surface area contributed by atoms with E-state index in [1.807, 2.05) is 0 Å². The van der Waals surface area contributed by atoms with Gasteiger partial charge in [-0.15, -0.1) is 11.8 Å². The summed E-state index contributed by atoms with van der Waals surface area (Å²) in [4.78, 5) is 18.5. The number of H-pyrrole nitrogens is 1. The van der Waals surface area contributed by atoms with Crippen LogP contribution in [0.15, 0.2) is 28.0 Å². The number of thioether (sulfide) groups is 1. The SMILES string of the molecule is O=c1[nH]c(-c2cc(F)ccc2F)nc2c1CCS2. The Bertz CT molecular complexity index is 684. The smallest absolute Gasteiger partial charge is 0.255 e. The predicted molar refractivity (Wildman–Crippen MR) is 64.6 cm³/mol. The molecule has 0 spiro atoms. The lowest BCUT2D eigenvalue weighted by Gasteiger charge is -2.04. The molecule has 2 heterocycles. The predicted octanol–water partition coefficient (Wildman–Crippen LogP) is 2.36. The van der Waals surface area contributed by atoms with Crippen molar-refractivity contribution >= 4 is 11.8 Å². The number of nitrogens with zero attached hydrogens (tertiary/aromatic N) is 1.